The van der Waals surface area contributed by atoms with Crippen molar-refractivity contribution < 1.29 is 22.7 Å². The van der Waals surface area contributed by atoms with E-state index in [1.54, 1.807) is 12.1 Å². The first-order valence-electron chi connectivity index (χ1n) is 10.6. The van der Waals surface area contributed by atoms with Crippen molar-refractivity contribution in [3.05, 3.63) is 18.2 Å². The van der Waals surface area contributed by atoms with E-state index in [0.29, 0.717) is 38.5 Å². The number of morpholine rings is 1. The molecule has 0 unspecified atom stereocenters. The average molecular weight is 469 g/mol. The second-order valence-electron chi connectivity index (χ2n) is 7.81. The van der Waals surface area contributed by atoms with Crippen molar-refractivity contribution in [2.75, 3.05) is 69.7 Å². The fourth-order valence-electron chi connectivity index (χ4n) is 4.01. The first-order valence-corrected chi connectivity index (χ1v) is 13.0. The van der Waals surface area contributed by atoms with Crippen LogP contribution in [0.15, 0.2) is 28.0 Å². The summed E-state index contributed by atoms with van der Waals surface area (Å²) in [6.07, 6.45) is 2.39. The number of ether oxygens (including phenoxy) is 1. The molecule has 31 heavy (non-hydrogen) atoms. The molecule has 2 fully saturated rings. The third-order valence-corrected chi connectivity index (χ3v) is 8.67. The molecule has 0 saturated carbocycles. The van der Waals surface area contributed by atoms with Crippen LogP contribution in [0.5, 0.6) is 0 Å². The summed E-state index contributed by atoms with van der Waals surface area (Å²) in [7, 11) is -3.69. The number of sulfonamides is 1. The van der Waals surface area contributed by atoms with Crippen molar-refractivity contribution in [3.8, 4) is 0 Å². The van der Waals surface area contributed by atoms with Gasteiger partial charge < -0.3 is 19.9 Å². The molecule has 0 atom stereocenters. The van der Waals surface area contributed by atoms with Crippen LogP contribution in [0.25, 0.3) is 0 Å². The second kappa shape index (κ2) is 9.86. The number of rotatable bonds is 7. The Kier molecular flexibility index (Phi) is 7.17. The Morgan fingerprint density at radius 3 is 2.61 bits per heavy atom. The molecule has 0 radical (unpaired) electrons. The van der Waals surface area contributed by atoms with Crippen LogP contribution in [0.3, 0.4) is 0 Å². The zero-order valence-corrected chi connectivity index (χ0v) is 19.0. The molecular formula is C20H28N4O5S2. The van der Waals surface area contributed by atoms with Gasteiger partial charge in [-0.25, -0.2) is 8.42 Å². The summed E-state index contributed by atoms with van der Waals surface area (Å²) in [6, 6.07) is 4.81. The molecule has 9 nitrogen and oxygen atoms in total. The Labute approximate surface area is 187 Å². The van der Waals surface area contributed by atoms with Gasteiger partial charge in [0.25, 0.3) is 0 Å². The minimum Gasteiger partial charge on any atom is -0.379 e. The van der Waals surface area contributed by atoms with Crippen molar-refractivity contribution in [2.24, 2.45) is 0 Å². The zero-order chi connectivity index (χ0) is 21.8. The molecule has 1 aromatic carbocycles. The molecule has 4 rings (SSSR count). The number of fused-ring (bicyclic) bond motifs is 1. The van der Waals surface area contributed by atoms with Gasteiger partial charge in [0.1, 0.15) is 6.54 Å². The Morgan fingerprint density at radius 2 is 1.87 bits per heavy atom. The molecule has 1 aromatic rings. The number of hydrogen-bond donors (Lipinski definition) is 1. The maximum atomic E-state index is 13.0. The van der Waals surface area contributed by atoms with E-state index in [-0.39, 0.29) is 29.0 Å². The molecule has 0 aliphatic carbocycles. The van der Waals surface area contributed by atoms with E-state index in [4.69, 9.17) is 4.74 Å². The largest absolute Gasteiger partial charge is 0.379 e. The summed E-state index contributed by atoms with van der Waals surface area (Å²) in [5.41, 5.74) is 0.477. The minimum absolute atomic E-state index is 0.118. The van der Waals surface area contributed by atoms with Gasteiger partial charge in [-0.1, -0.05) is 0 Å². The van der Waals surface area contributed by atoms with E-state index in [1.807, 2.05) is 0 Å². The smallest absolute Gasteiger partial charge is 0.243 e. The Balaban J connectivity index is 1.46. The number of hydrogen-bond acceptors (Lipinski definition) is 7. The summed E-state index contributed by atoms with van der Waals surface area (Å²) in [4.78, 5) is 29.7. The van der Waals surface area contributed by atoms with Crippen LogP contribution in [0.4, 0.5) is 5.69 Å². The molecule has 0 spiro atoms. The molecule has 11 heteroatoms. The van der Waals surface area contributed by atoms with Gasteiger partial charge in [-0.05, 0) is 44.1 Å². The van der Waals surface area contributed by atoms with Gasteiger partial charge in [-0.2, -0.15) is 4.31 Å². The maximum Gasteiger partial charge on any atom is 0.243 e. The Morgan fingerprint density at radius 1 is 1.13 bits per heavy atom. The molecular weight excluding hydrogens is 440 g/mol. The van der Waals surface area contributed by atoms with Gasteiger partial charge in [0.05, 0.1) is 29.5 Å². The van der Waals surface area contributed by atoms with Crippen LogP contribution in [0.1, 0.15) is 12.8 Å². The van der Waals surface area contributed by atoms with Crippen LogP contribution in [-0.4, -0.2) is 94.2 Å². The summed E-state index contributed by atoms with van der Waals surface area (Å²) in [5.74, 6) is -0.219. The van der Waals surface area contributed by atoms with E-state index in [2.05, 4.69) is 10.2 Å². The molecule has 0 bridgehead atoms. The van der Waals surface area contributed by atoms with Gasteiger partial charge in [-0.15, -0.1) is 11.8 Å². The highest BCUT2D eigenvalue weighted by Crippen LogP contribution is 2.37. The van der Waals surface area contributed by atoms with Gasteiger partial charge in [-0.3, -0.25) is 9.59 Å². The van der Waals surface area contributed by atoms with E-state index in [9.17, 15) is 18.0 Å². The van der Waals surface area contributed by atoms with Crippen molar-refractivity contribution in [2.45, 2.75) is 22.6 Å². The number of nitrogens with zero attached hydrogens (tertiary/aromatic N) is 3. The number of carbonyl (C=O) groups excluding carboxylic acids is 2. The molecule has 3 aliphatic rings. The highest BCUT2D eigenvalue weighted by Gasteiger charge is 2.31. The van der Waals surface area contributed by atoms with Crippen molar-refractivity contribution in [3.63, 3.8) is 0 Å². The number of benzene rings is 1. The number of thioether (sulfide) groups is 1. The van der Waals surface area contributed by atoms with E-state index in [0.717, 1.165) is 24.5 Å². The lowest BCUT2D eigenvalue weighted by molar-refractivity contribution is -0.123. The third kappa shape index (κ3) is 5.23. The van der Waals surface area contributed by atoms with Crippen LogP contribution < -0.4 is 10.2 Å². The molecule has 0 aromatic heterocycles. The molecule has 3 heterocycles. The van der Waals surface area contributed by atoms with E-state index < -0.39 is 10.0 Å². The minimum atomic E-state index is -3.69. The predicted molar refractivity (Wildman–Crippen MR) is 118 cm³/mol. The van der Waals surface area contributed by atoms with E-state index in [1.165, 1.54) is 39.9 Å². The monoisotopic (exact) mass is 468 g/mol. The second-order valence-corrected chi connectivity index (χ2v) is 10.8. The van der Waals surface area contributed by atoms with Gasteiger partial charge >= 0.3 is 0 Å². The lowest BCUT2D eigenvalue weighted by Crippen LogP contribution is -2.45. The maximum absolute atomic E-state index is 13.0. The number of carbonyl (C=O) groups is 2. The highest BCUT2D eigenvalue weighted by atomic mass is 32.2. The Hall–Kier alpha value is -1.66. The van der Waals surface area contributed by atoms with Crippen molar-refractivity contribution >= 4 is 39.3 Å². The first kappa shape index (κ1) is 22.5. The lowest BCUT2D eigenvalue weighted by Gasteiger charge is -2.30. The zero-order valence-electron chi connectivity index (χ0n) is 17.4. The summed E-state index contributed by atoms with van der Waals surface area (Å²) >= 11 is 1.36. The fourth-order valence-corrected chi connectivity index (χ4v) is 6.36. The van der Waals surface area contributed by atoms with Crippen LogP contribution in [0, 0.1) is 0 Å². The van der Waals surface area contributed by atoms with E-state index >= 15 is 0 Å². The third-order valence-electron chi connectivity index (χ3n) is 5.73. The van der Waals surface area contributed by atoms with Gasteiger partial charge in [0.15, 0.2) is 0 Å². The normalized spacial score (nSPS) is 20.6. The SMILES string of the molecule is O=C(CN1C(=O)CSc2ccc(S(=O)(=O)N3CCOCC3)cc21)NCCN1CCCC1. The highest BCUT2D eigenvalue weighted by molar-refractivity contribution is 8.00. The predicted octanol–water partition coefficient (Wildman–Crippen LogP) is 0.358. The number of likely N-dealkylation sites (tertiary alicyclic amines) is 1. The van der Waals surface area contributed by atoms with Gasteiger partial charge in [0, 0.05) is 31.1 Å². The van der Waals surface area contributed by atoms with Gasteiger partial charge in [0.2, 0.25) is 21.8 Å². The topological polar surface area (TPSA) is 99.3 Å². The van der Waals surface area contributed by atoms with Crippen LogP contribution in [0.2, 0.25) is 0 Å². The fraction of sp³-hybridized carbons (Fsp3) is 0.600. The quantitative estimate of drug-likeness (QED) is 0.617. The van der Waals surface area contributed by atoms with Crippen molar-refractivity contribution in [1.29, 1.82) is 0 Å². The number of anilines is 1. The van der Waals surface area contributed by atoms with Crippen molar-refractivity contribution in [1.82, 2.24) is 14.5 Å². The average Bonchev–Trinajstić information content (AvgIpc) is 3.29. The lowest BCUT2D eigenvalue weighted by atomic mass is 10.2. The molecule has 2 amide bonds. The summed E-state index contributed by atoms with van der Waals surface area (Å²) in [6.45, 7) is 4.67. The van der Waals surface area contributed by atoms with Crippen LogP contribution in [-0.2, 0) is 24.3 Å². The summed E-state index contributed by atoms with van der Waals surface area (Å²) < 4.78 is 32.7. The first-order chi connectivity index (χ1) is 14.9. The standard InChI is InChI=1S/C20H28N4O5S2/c25-19(21-5-8-22-6-1-2-7-22)14-24-17-13-16(3-4-18(17)30-15-20(24)26)31(27,28)23-9-11-29-12-10-23/h3-4,13H,1-2,5-12,14-15H2,(H,21,25). The molecule has 2 saturated heterocycles. The molecule has 1 N–H and O–H groups in total. The molecule has 170 valence electrons. The summed E-state index contributed by atoms with van der Waals surface area (Å²) in [5, 5.41) is 2.88. The molecule has 3 aliphatic heterocycles. The number of amides is 2. The number of nitrogens with one attached hydrogen (secondary N) is 1. The van der Waals surface area contributed by atoms with Crippen LogP contribution >= 0.6 is 11.8 Å². The Bertz CT molecular complexity index is 927.